The van der Waals surface area contributed by atoms with Crippen molar-refractivity contribution in [2.24, 2.45) is 0 Å². The van der Waals surface area contributed by atoms with Gasteiger partial charge in [-0.1, -0.05) is 42.0 Å². The van der Waals surface area contributed by atoms with E-state index in [1.807, 2.05) is 42.5 Å². The monoisotopic (exact) mass is 316 g/mol. The maximum absolute atomic E-state index is 5.46. The van der Waals surface area contributed by atoms with Gasteiger partial charge in [-0.25, -0.2) is 0 Å². The lowest BCUT2D eigenvalue weighted by molar-refractivity contribution is 0.416. The molecular weight excluding hydrogens is 300 g/mol. The van der Waals surface area contributed by atoms with Gasteiger partial charge in [-0.3, -0.25) is 5.10 Å². The van der Waals surface area contributed by atoms with Crippen LogP contribution in [0.15, 0.2) is 54.6 Å². The number of methoxy groups -OCH3 is 1. The molecule has 4 aromatic rings. The molecule has 0 spiro atoms. The van der Waals surface area contributed by atoms with Crippen molar-refractivity contribution in [3.63, 3.8) is 0 Å². The molecule has 0 aliphatic rings. The number of hydrogen-bond acceptors (Lipinski definition) is 4. The highest BCUT2D eigenvalue weighted by molar-refractivity contribution is 5.93. The molecule has 0 atom stereocenters. The number of ether oxygens (including phenoxy) is 1. The van der Waals surface area contributed by atoms with Gasteiger partial charge in [0.05, 0.1) is 23.9 Å². The van der Waals surface area contributed by atoms with Gasteiger partial charge in [-0.15, -0.1) is 10.2 Å². The van der Waals surface area contributed by atoms with Gasteiger partial charge in [0.25, 0.3) is 0 Å². The predicted molar refractivity (Wildman–Crippen MR) is 93.8 cm³/mol. The summed E-state index contributed by atoms with van der Waals surface area (Å²) in [5, 5.41) is 16.8. The van der Waals surface area contributed by atoms with E-state index in [0.29, 0.717) is 5.65 Å². The van der Waals surface area contributed by atoms with Crippen LogP contribution >= 0.6 is 0 Å². The normalized spacial score (nSPS) is 10.9. The summed E-state index contributed by atoms with van der Waals surface area (Å²) in [6.07, 6.45) is 0. The Kier molecular flexibility index (Phi) is 3.46. The van der Waals surface area contributed by atoms with Crippen molar-refractivity contribution in [3.8, 4) is 28.3 Å². The summed E-state index contributed by atoms with van der Waals surface area (Å²) in [5.41, 5.74) is 5.48. The van der Waals surface area contributed by atoms with E-state index in [9.17, 15) is 0 Å². The molecule has 118 valence electrons. The maximum atomic E-state index is 5.46. The fourth-order valence-electron chi connectivity index (χ4n) is 2.74. The Morgan fingerprint density at radius 2 is 1.75 bits per heavy atom. The minimum absolute atomic E-state index is 0.590. The van der Waals surface area contributed by atoms with E-state index >= 15 is 0 Å². The molecular formula is C19H16N4O. The zero-order chi connectivity index (χ0) is 16.5. The Morgan fingerprint density at radius 1 is 0.958 bits per heavy atom. The van der Waals surface area contributed by atoms with Crippen LogP contribution in [-0.2, 0) is 0 Å². The third-order valence-electron chi connectivity index (χ3n) is 4.04. The van der Waals surface area contributed by atoms with Crippen LogP contribution in [0.2, 0.25) is 0 Å². The lowest BCUT2D eigenvalue weighted by atomic mass is 10.1. The number of fused-ring (bicyclic) bond motifs is 1. The summed E-state index contributed by atoms with van der Waals surface area (Å²) in [5.74, 6) is 0.789. The predicted octanol–water partition coefficient (Wildman–Crippen LogP) is 4.00. The summed E-state index contributed by atoms with van der Waals surface area (Å²) < 4.78 is 5.46. The van der Waals surface area contributed by atoms with Gasteiger partial charge in [0.15, 0.2) is 0 Å². The Morgan fingerprint density at radius 3 is 2.54 bits per heavy atom. The third-order valence-corrected chi connectivity index (χ3v) is 4.04. The van der Waals surface area contributed by atoms with E-state index in [0.717, 1.165) is 33.7 Å². The van der Waals surface area contributed by atoms with E-state index in [-0.39, 0.29) is 0 Å². The molecule has 0 aliphatic carbocycles. The van der Waals surface area contributed by atoms with Gasteiger partial charge in [0.2, 0.25) is 5.65 Å². The second kappa shape index (κ2) is 5.77. The Balaban J connectivity index is 1.89. The van der Waals surface area contributed by atoms with E-state index in [1.165, 1.54) is 5.56 Å². The quantitative estimate of drug-likeness (QED) is 0.620. The topological polar surface area (TPSA) is 63.7 Å². The Labute approximate surface area is 139 Å². The zero-order valence-corrected chi connectivity index (χ0v) is 13.4. The lowest BCUT2D eigenvalue weighted by Gasteiger charge is -2.06. The summed E-state index contributed by atoms with van der Waals surface area (Å²) in [7, 11) is 1.66. The SMILES string of the molecule is COc1ccccc1-c1[nH]nc2nnc(-c3ccc(C)cc3)cc12. The van der Waals surface area contributed by atoms with Crippen molar-refractivity contribution < 1.29 is 4.74 Å². The molecule has 1 N–H and O–H groups in total. The second-order valence-corrected chi connectivity index (χ2v) is 5.63. The van der Waals surface area contributed by atoms with E-state index in [4.69, 9.17) is 4.74 Å². The Bertz CT molecular complexity index is 1010. The first kappa shape index (κ1) is 14.4. The van der Waals surface area contributed by atoms with Crippen LogP contribution < -0.4 is 4.74 Å². The molecule has 5 heteroatoms. The first-order valence-corrected chi connectivity index (χ1v) is 7.68. The minimum atomic E-state index is 0.590. The van der Waals surface area contributed by atoms with Crippen molar-refractivity contribution >= 4 is 11.0 Å². The molecule has 2 aromatic heterocycles. The molecule has 0 bridgehead atoms. The highest BCUT2D eigenvalue weighted by Crippen LogP contribution is 2.33. The van der Waals surface area contributed by atoms with Crippen LogP contribution in [0.5, 0.6) is 5.75 Å². The first-order valence-electron chi connectivity index (χ1n) is 7.68. The van der Waals surface area contributed by atoms with E-state index < -0.39 is 0 Å². The fourth-order valence-corrected chi connectivity index (χ4v) is 2.74. The minimum Gasteiger partial charge on any atom is -0.496 e. The van der Waals surface area contributed by atoms with Crippen molar-refractivity contribution in [1.29, 1.82) is 0 Å². The highest BCUT2D eigenvalue weighted by Gasteiger charge is 2.14. The molecule has 5 nitrogen and oxygen atoms in total. The molecule has 4 rings (SSSR count). The number of aromatic amines is 1. The second-order valence-electron chi connectivity index (χ2n) is 5.63. The van der Waals surface area contributed by atoms with Gasteiger partial charge in [-0.05, 0) is 25.1 Å². The number of H-pyrrole nitrogens is 1. The first-order chi connectivity index (χ1) is 11.8. The number of nitrogens with zero attached hydrogens (tertiary/aromatic N) is 3. The smallest absolute Gasteiger partial charge is 0.203 e. The van der Waals surface area contributed by atoms with E-state index in [2.05, 4.69) is 39.5 Å². The number of para-hydroxylation sites is 1. The number of nitrogens with one attached hydrogen (secondary N) is 1. The molecule has 0 saturated heterocycles. The Hall–Kier alpha value is -3.21. The average molecular weight is 316 g/mol. The highest BCUT2D eigenvalue weighted by atomic mass is 16.5. The van der Waals surface area contributed by atoms with Gasteiger partial charge in [-0.2, -0.15) is 5.10 Å². The van der Waals surface area contributed by atoms with Crippen molar-refractivity contribution in [2.45, 2.75) is 6.92 Å². The largest absolute Gasteiger partial charge is 0.496 e. The van der Waals surface area contributed by atoms with Crippen LogP contribution in [0.25, 0.3) is 33.5 Å². The number of aromatic nitrogens is 4. The fraction of sp³-hybridized carbons (Fsp3) is 0.105. The number of aryl methyl sites for hydroxylation is 1. The van der Waals surface area contributed by atoms with Gasteiger partial charge >= 0.3 is 0 Å². The molecule has 0 aliphatic heterocycles. The van der Waals surface area contributed by atoms with Crippen molar-refractivity contribution in [3.05, 3.63) is 60.2 Å². The van der Waals surface area contributed by atoms with Gasteiger partial charge in [0.1, 0.15) is 5.75 Å². The number of benzene rings is 2. The van der Waals surface area contributed by atoms with Crippen molar-refractivity contribution in [1.82, 2.24) is 20.4 Å². The molecule has 0 saturated carbocycles. The summed E-state index contributed by atoms with van der Waals surface area (Å²) >= 11 is 0. The molecule has 2 aromatic carbocycles. The van der Waals surface area contributed by atoms with E-state index in [1.54, 1.807) is 7.11 Å². The van der Waals surface area contributed by atoms with Gasteiger partial charge < -0.3 is 4.74 Å². The summed E-state index contributed by atoms with van der Waals surface area (Å²) in [6, 6.07) is 18.1. The molecule has 0 fully saturated rings. The molecule has 0 radical (unpaired) electrons. The third kappa shape index (κ3) is 2.40. The lowest BCUT2D eigenvalue weighted by Crippen LogP contribution is -1.90. The molecule has 0 unspecified atom stereocenters. The summed E-state index contributed by atoms with van der Waals surface area (Å²) in [4.78, 5) is 0. The molecule has 2 heterocycles. The number of rotatable bonds is 3. The average Bonchev–Trinajstić information content (AvgIpc) is 3.05. The van der Waals surface area contributed by atoms with Crippen LogP contribution in [0.1, 0.15) is 5.56 Å². The molecule has 24 heavy (non-hydrogen) atoms. The zero-order valence-electron chi connectivity index (χ0n) is 13.4. The molecule has 0 amide bonds. The van der Waals surface area contributed by atoms with Crippen LogP contribution in [0.3, 0.4) is 0 Å². The van der Waals surface area contributed by atoms with Gasteiger partial charge in [0, 0.05) is 11.1 Å². The number of hydrogen-bond donors (Lipinski definition) is 1. The van der Waals surface area contributed by atoms with Crippen LogP contribution in [0, 0.1) is 6.92 Å². The van der Waals surface area contributed by atoms with Crippen LogP contribution in [-0.4, -0.2) is 27.5 Å². The standard InChI is InChI=1S/C19H16N4O/c1-12-7-9-13(10-8-12)16-11-15-18(21-23-19(15)22-20-16)14-5-3-4-6-17(14)24-2/h3-11H,1-2H3,(H,21,22,23). The summed E-state index contributed by atoms with van der Waals surface area (Å²) in [6.45, 7) is 2.06. The maximum Gasteiger partial charge on any atom is 0.203 e. The van der Waals surface area contributed by atoms with Crippen molar-refractivity contribution in [2.75, 3.05) is 7.11 Å². The van der Waals surface area contributed by atoms with Crippen LogP contribution in [0.4, 0.5) is 0 Å².